The normalized spacial score (nSPS) is 28.8. The Morgan fingerprint density at radius 2 is 2.24 bits per heavy atom. The smallest absolute Gasteiger partial charge is 0.0635 e. The van der Waals surface area contributed by atoms with Crippen LogP contribution in [0, 0.1) is 5.92 Å². The van der Waals surface area contributed by atoms with Crippen LogP contribution in [0.2, 0.25) is 0 Å². The zero-order chi connectivity index (χ0) is 11.8. The number of aromatic nitrogens is 2. The minimum atomic E-state index is 0.683. The van der Waals surface area contributed by atoms with E-state index < -0.39 is 0 Å². The summed E-state index contributed by atoms with van der Waals surface area (Å²) in [6, 6.07) is 0.825. The highest BCUT2D eigenvalue weighted by Gasteiger charge is 2.33. The summed E-state index contributed by atoms with van der Waals surface area (Å²) in [7, 11) is 2.06. The molecule has 3 nitrogen and oxygen atoms in total. The van der Waals surface area contributed by atoms with Crippen LogP contribution in [0.3, 0.4) is 0 Å². The molecule has 2 aliphatic carbocycles. The van der Waals surface area contributed by atoms with Gasteiger partial charge in [-0.1, -0.05) is 6.42 Å². The van der Waals surface area contributed by atoms with Crippen LogP contribution in [0.5, 0.6) is 0 Å². The Morgan fingerprint density at radius 3 is 2.88 bits per heavy atom. The molecule has 0 spiro atoms. The van der Waals surface area contributed by atoms with Crippen molar-refractivity contribution in [2.75, 3.05) is 6.54 Å². The molecule has 0 aliphatic heterocycles. The molecule has 2 aliphatic rings. The van der Waals surface area contributed by atoms with E-state index in [9.17, 15) is 0 Å². The van der Waals surface area contributed by atoms with Gasteiger partial charge in [0, 0.05) is 19.0 Å². The van der Waals surface area contributed by atoms with Crippen molar-refractivity contribution in [3.8, 4) is 0 Å². The lowest BCUT2D eigenvalue weighted by molar-refractivity contribution is 0.425. The van der Waals surface area contributed by atoms with E-state index in [4.69, 9.17) is 0 Å². The molecule has 1 aromatic rings. The molecule has 2 atom stereocenters. The summed E-state index contributed by atoms with van der Waals surface area (Å²) < 4.78 is 3.23. The summed E-state index contributed by atoms with van der Waals surface area (Å²) >= 11 is 3.64. The maximum absolute atomic E-state index is 4.35. The van der Waals surface area contributed by atoms with Crippen LogP contribution in [0.1, 0.15) is 43.7 Å². The number of rotatable bonds is 4. The molecule has 2 unspecified atom stereocenters. The Balaban J connectivity index is 1.71. The third kappa shape index (κ3) is 2.43. The lowest BCUT2D eigenvalue weighted by Crippen LogP contribution is -2.27. The first-order valence-electron chi connectivity index (χ1n) is 6.66. The lowest BCUT2D eigenvalue weighted by Gasteiger charge is -2.21. The Morgan fingerprint density at radius 1 is 1.41 bits per heavy atom. The molecule has 17 heavy (non-hydrogen) atoms. The lowest BCUT2D eigenvalue weighted by atomic mass is 9.92. The zero-order valence-electron chi connectivity index (χ0n) is 10.3. The molecule has 0 radical (unpaired) electrons. The summed E-state index contributed by atoms with van der Waals surface area (Å²) in [6.45, 7) is 1.19. The summed E-state index contributed by atoms with van der Waals surface area (Å²) in [5, 5.41) is 8.04. The van der Waals surface area contributed by atoms with Gasteiger partial charge in [-0.15, -0.1) is 0 Å². The van der Waals surface area contributed by atoms with Gasteiger partial charge < -0.3 is 5.32 Å². The van der Waals surface area contributed by atoms with Crippen molar-refractivity contribution < 1.29 is 0 Å². The van der Waals surface area contributed by atoms with Gasteiger partial charge in [0.15, 0.2) is 0 Å². The van der Waals surface area contributed by atoms with Crippen molar-refractivity contribution in [3.63, 3.8) is 0 Å². The minimum absolute atomic E-state index is 0.683. The van der Waals surface area contributed by atoms with Gasteiger partial charge in [-0.25, -0.2) is 0 Å². The van der Waals surface area contributed by atoms with Crippen LogP contribution < -0.4 is 5.32 Å². The van der Waals surface area contributed by atoms with Crippen LogP contribution in [-0.2, 0) is 7.05 Å². The molecule has 0 aromatic carbocycles. The van der Waals surface area contributed by atoms with Gasteiger partial charge in [0.25, 0.3) is 0 Å². The van der Waals surface area contributed by atoms with Crippen molar-refractivity contribution in [1.29, 1.82) is 0 Å². The fourth-order valence-electron chi connectivity index (χ4n) is 3.08. The van der Waals surface area contributed by atoms with Gasteiger partial charge >= 0.3 is 0 Å². The van der Waals surface area contributed by atoms with E-state index in [-0.39, 0.29) is 0 Å². The second-order valence-electron chi connectivity index (χ2n) is 5.48. The molecule has 1 N–H and O–H groups in total. The van der Waals surface area contributed by atoms with Crippen molar-refractivity contribution in [1.82, 2.24) is 15.1 Å². The first-order valence-corrected chi connectivity index (χ1v) is 7.46. The van der Waals surface area contributed by atoms with Gasteiger partial charge in [-0.05, 0) is 54.1 Å². The number of nitrogens with one attached hydrogen (secondary N) is 1. The number of aryl methyl sites for hydroxylation is 1. The predicted molar refractivity (Wildman–Crippen MR) is 72.0 cm³/mol. The minimum Gasteiger partial charge on any atom is -0.314 e. The third-order valence-corrected chi connectivity index (χ3v) is 4.80. The zero-order valence-corrected chi connectivity index (χ0v) is 11.9. The highest BCUT2D eigenvalue weighted by molar-refractivity contribution is 9.10. The number of hydrogen-bond acceptors (Lipinski definition) is 2. The number of hydrogen-bond donors (Lipinski definition) is 1. The monoisotopic (exact) mass is 297 g/mol. The Hall–Kier alpha value is -0.350. The van der Waals surface area contributed by atoms with E-state index >= 15 is 0 Å². The summed E-state index contributed by atoms with van der Waals surface area (Å²) in [5.41, 5.74) is 1.39. The Labute approximate surface area is 111 Å². The summed E-state index contributed by atoms with van der Waals surface area (Å²) in [6.07, 6.45) is 8.73. The topological polar surface area (TPSA) is 29.9 Å². The molecular weight excluding hydrogens is 278 g/mol. The molecular formula is C13H20BrN3. The van der Waals surface area contributed by atoms with Crippen molar-refractivity contribution in [2.45, 2.75) is 44.1 Å². The maximum atomic E-state index is 4.35. The number of halogens is 1. The van der Waals surface area contributed by atoms with E-state index in [1.807, 2.05) is 10.9 Å². The van der Waals surface area contributed by atoms with Gasteiger partial charge in [-0.3, -0.25) is 4.68 Å². The van der Waals surface area contributed by atoms with Crippen LogP contribution >= 0.6 is 15.9 Å². The SMILES string of the molecule is Cn1ncc(Br)c1C1CCCC1CNC1CC1. The molecule has 94 valence electrons. The van der Waals surface area contributed by atoms with Gasteiger partial charge in [0.2, 0.25) is 0 Å². The van der Waals surface area contributed by atoms with E-state index in [1.165, 1.54) is 48.8 Å². The number of nitrogens with zero attached hydrogens (tertiary/aromatic N) is 2. The Bertz CT molecular complexity index is 378. The first-order chi connectivity index (χ1) is 8.25. The maximum Gasteiger partial charge on any atom is 0.0635 e. The molecule has 1 heterocycles. The Kier molecular flexibility index (Phi) is 3.26. The average Bonchev–Trinajstić information content (AvgIpc) is 2.94. The second kappa shape index (κ2) is 4.73. The highest BCUT2D eigenvalue weighted by Crippen LogP contribution is 2.41. The fourth-order valence-corrected chi connectivity index (χ4v) is 3.73. The first kappa shape index (κ1) is 11.7. The molecule has 3 rings (SSSR count). The third-order valence-electron chi connectivity index (χ3n) is 4.19. The van der Waals surface area contributed by atoms with E-state index in [1.54, 1.807) is 0 Å². The standard InChI is InChI=1S/C13H20BrN3/c1-17-13(12(14)8-16-17)11-4-2-3-9(11)7-15-10-5-6-10/h8-11,15H,2-7H2,1H3. The quantitative estimate of drug-likeness (QED) is 0.926. The van der Waals surface area contributed by atoms with Gasteiger partial charge in [-0.2, -0.15) is 5.10 Å². The average molecular weight is 298 g/mol. The summed E-state index contributed by atoms with van der Waals surface area (Å²) in [4.78, 5) is 0. The molecule has 0 amide bonds. The van der Waals surface area contributed by atoms with Crippen molar-refractivity contribution in [3.05, 3.63) is 16.4 Å². The van der Waals surface area contributed by atoms with Crippen LogP contribution in [0.25, 0.3) is 0 Å². The summed E-state index contributed by atoms with van der Waals surface area (Å²) in [5.74, 6) is 1.48. The molecule has 0 saturated heterocycles. The van der Waals surface area contributed by atoms with Crippen LogP contribution in [0.15, 0.2) is 10.7 Å². The highest BCUT2D eigenvalue weighted by atomic mass is 79.9. The molecule has 1 aromatic heterocycles. The van der Waals surface area contributed by atoms with Crippen molar-refractivity contribution >= 4 is 15.9 Å². The van der Waals surface area contributed by atoms with E-state index in [0.717, 1.165) is 12.0 Å². The van der Waals surface area contributed by atoms with Gasteiger partial charge in [0.1, 0.15) is 0 Å². The van der Waals surface area contributed by atoms with Gasteiger partial charge in [0.05, 0.1) is 16.4 Å². The van der Waals surface area contributed by atoms with E-state index in [0.29, 0.717) is 5.92 Å². The second-order valence-corrected chi connectivity index (χ2v) is 6.34. The molecule has 2 saturated carbocycles. The molecule has 2 fully saturated rings. The van der Waals surface area contributed by atoms with Crippen LogP contribution in [-0.4, -0.2) is 22.4 Å². The van der Waals surface area contributed by atoms with Crippen molar-refractivity contribution in [2.24, 2.45) is 13.0 Å². The molecule has 0 bridgehead atoms. The van der Waals surface area contributed by atoms with E-state index in [2.05, 4.69) is 33.4 Å². The largest absolute Gasteiger partial charge is 0.314 e. The fraction of sp³-hybridized carbons (Fsp3) is 0.769. The molecule has 4 heteroatoms. The van der Waals surface area contributed by atoms with Crippen LogP contribution in [0.4, 0.5) is 0 Å². The predicted octanol–water partition coefficient (Wildman–Crippen LogP) is 2.82.